The number of nitrogens with one attached hydrogen (secondary N) is 1. The third kappa shape index (κ3) is 3.45. The largest absolute Gasteiger partial charge is 0.506 e. The molecule has 0 saturated carbocycles. The van der Waals surface area contributed by atoms with Crippen molar-refractivity contribution in [3.8, 4) is 5.75 Å². The average Bonchev–Trinajstić information content (AvgIpc) is 2.42. The Morgan fingerprint density at radius 3 is 2.37 bits per heavy atom. The second kappa shape index (κ2) is 5.87. The lowest BCUT2D eigenvalue weighted by atomic mass is 10.1. The number of phenolic OH excluding ortho intramolecular Hbond substituents is 1. The molecule has 3 nitrogen and oxygen atoms in total. The monoisotopic (exact) mass is 253 g/mol. The highest BCUT2D eigenvalue weighted by atomic mass is 16.3. The summed E-state index contributed by atoms with van der Waals surface area (Å²) < 4.78 is 0. The number of hydrogen-bond donors (Lipinski definition) is 2. The fraction of sp³-hybridized carbons (Fsp3) is 0.0625. The van der Waals surface area contributed by atoms with Crippen LogP contribution < -0.4 is 5.32 Å². The van der Waals surface area contributed by atoms with Gasteiger partial charge in [-0.25, -0.2) is 0 Å². The average molecular weight is 253 g/mol. The van der Waals surface area contributed by atoms with Gasteiger partial charge in [0.2, 0.25) is 0 Å². The topological polar surface area (TPSA) is 49.3 Å². The molecule has 0 aliphatic rings. The van der Waals surface area contributed by atoms with E-state index in [0.29, 0.717) is 16.9 Å². The zero-order valence-corrected chi connectivity index (χ0v) is 10.6. The highest BCUT2D eigenvalue weighted by molar-refractivity contribution is 6.05. The summed E-state index contributed by atoms with van der Waals surface area (Å²) in [6.07, 6.45) is 1.52. The van der Waals surface area contributed by atoms with Crippen molar-refractivity contribution in [1.82, 2.24) is 0 Å². The van der Waals surface area contributed by atoms with Gasteiger partial charge in [0.1, 0.15) is 5.75 Å². The van der Waals surface area contributed by atoms with Crippen molar-refractivity contribution in [2.24, 2.45) is 0 Å². The van der Waals surface area contributed by atoms with Crippen LogP contribution >= 0.6 is 0 Å². The summed E-state index contributed by atoms with van der Waals surface area (Å²) in [5.74, 6) is 0.0865. The van der Waals surface area contributed by atoms with Gasteiger partial charge in [-0.15, -0.1) is 0 Å². The SMILES string of the molecule is CC(=CC(=O)c1ccccc1)Nc1ccccc1O. The summed E-state index contributed by atoms with van der Waals surface area (Å²) in [4.78, 5) is 12.0. The molecule has 0 bridgehead atoms. The van der Waals surface area contributed by atoms with Crippen LogP contribution in [0, 0.1) is 0 Å². The van der Waals surface area contributed by atoms with Crippen molar-refractivity contribution >= 4 is 11.5 Å². The molecule has 0 aromatic heterocycles. The van der Waals surface area contributed by atoms with Gasteiger partial charge in [-0.3, -0.25) is 4.79 Å². The van der Waals surface area contributed by atoms with E-state index in [1.807, 2.05) is 24.3 Å². The standard InChI is InChI=1S/C16H15NO2/c1-12(17-14-9-5-6-10-15(14)18)11-16(19)13-7-3-2-4-8-13/h2-11,17-18H,1H3. The van der Waals surface area contributed by atoms with E-state index in [0.717, 1.165) is 0 Å². The molecule has 0 heterocycles. The number of hydrogen-bond acceptors (Lipinski definition) is 3. The van der Waals surface area contributed by atoms with Crippen LogP contribution in [-0.4, -0.2) is 10.9 Å². The summed E-state index contributed by atoms with van der Waals surface area (Å²) in [7, 11) is 0. The normalized spacial score (nSPS) is 11.1. The second-order valence-electron chi connectivity index (χ2n) is 4.20. The number of carbonyl (C=O) groups excluding carboxylic acids is 1. The summed E-state index contributed by atoms with van der Waals surface area (Å²) in [6, 6.07) is 16.0. The number of phenols is 1. The summed E-state index contributed by atoms with van der Waals surface area (Å²) >= 11 is 0. The molecule has 0 unspecified atom stereocenters. The molecule has 0 atom stereocenters. The van der Waals surface area contributed by atoms with Crippen molar-refractivity contribution in [3.05, 3.63) is 71.9 Å². The Balaban J connectivity index is 2.12. The van der Waals surface area contributed by atoms with Crippen LogP contribution in [0.3, 0.4) is 0 Å². The molecule has 19 heavy (non-hydrogen) atoms. The third-order valence-corrected chi connectivity index (χ3v) is 2.64. The van der Waals surface area contributed by atoms with Gasteiger partial charge < -0.3 is 10.4 Å². The Kier molecular flexibility index (Phi) is 3.98. The van der Waals surface area contributed by atoms with Crippen molar-refractivity contribution < 1.29 is 9.90 Å². The minimum Gasteiger partial charge on any atom is -0.506 e. The molecule has 2 aromatic carbocycles. The molecule has 0 radical (unpaired) electrons. The zero-order valence-electron chi connectivity index (χ0n) is 10.6. The van der Waals surface area contributed by atoms with Gasteiger partial charge in [-0.1, -0.05) is 42.5 Å². The summed E-state index contributed by atoms with van der Waals surface area (Å²) in [5, 5.41) is 12.6. The van der Waals surface area contributed by atoms with E-state index in [1.165, 1.54) is 6.08 Å². The van der Waals surface area contributed by atoms with E-state index >= 15 is 0 Å². The zero-order chi connectivity index (χ0) is 13.7. The van der Waals surface area contributed by atoms with Crippen molar-refractivity contribution in [1.29, 1.82) is 0 Å². The van der Waals surface area contributed by atoms with E-state index in [-0.39, 0.29) is 11.5 Å². The van der Waals surface area contributed by atoms with Crippen molar-refractivity contribution in [3.63, 3.8) is 0 Å². The molecule has 2 aromatic rings. The van der Waals surface area contributed by atoms with E-state index < -0.39 is 0 Å². The Labute approximate surface area is 112 Å². The number of para-hydroxylation sites is 2. The lowest BCUT2D eigenvalue weighted by molar-refractivity contribution is 0.104. The molecule has 0 fully saturated rings. The maximum atomic E-state index is 12.0. The first kappa shape index (κ1) is 12.9. The van der Waals surface area contributed by atoms with Gasteiger partial charge in [-0.2, -0.15) is 0 Å². The van der Waals surface area contributed by atoms with Crippen molar-refractivity contribution in [2.45, 2.75) is 6.92 Å². The first-order valence-corrected chi connectivity index (χ1v) is 5.99. The van der Waals surface area contributed by atoms with Crippen LogP contribution in [0.25, 0.3) is 0 Å². The molecule has 2 rings (SSSR count). The van der Waals surface area contributed by atoms with Gasteiger partial charge >= 0.3 is 0 Å². The molecule has 0 aliphatic carbocycles. The van der Waals surface area contributed by atoms with Gasteiger partial charge in [0.15, 0.2) is 5.78 Å². The van der Waals surface area contributed by atoms with E-state index in [4.69, 9.17) is 0 Å². The Morgan fingerprint density at radius 2 is 1.68 bits per heavy atom. The maximum Gasteiger partial charge on any atom is 0.187 e. The number of benzene rings is 2. The minimum atomic E-state index is -0.0685. The molecule has 0 amide bonds. The van der Waals surface area contributed by atoms with Gasteiger partial charge in [0.25, 0.3) is 0 Å². The molecule has 0 saturated heterocycles. The highest BCUT2D eigenvalue weighted by Gasteiger charge is 2.03. The molecular weight excluding hydrogens is 238 g/mol. The second-order valence-corrected chi connectivity index (χ2v) is 4.20. The van der Waals surface area contributed by atoms with Crippen LogP contribution in [0.4, 0.5) is 5.69 Å². The fourth-order valence-electron chi connectivity index (χ4n) is 1.71. The fourth-order valence-corrected chi connectivity index (χ4v) is 1.71. The lowest BCUT2D eigenvalue weighted by Crippen LogP contribution is -2.01. The quantitative estimate of drug-likeness (QED) is 0.497. The Morgan fingerprint density at radius 1 is 1.05 bits per heavy atom. The Hall–Kier alpha value is -2.55. The van der Waals surface area contributed by atoms with Gasteiger partial charge in [-0.05, 0) is 19.1 Å². The highest BCUT2D eigenvalue weighted by Crippen LogP contribution is 2.23. The predicted octanol–water partition coefficient (Wildman–Crippen LogP) is 3.59. The molecule has 2 N–H and O–H groups in total. The van der Waals surface area contributed by atoms with Gasteiger partial charge in [0.05, 0.1) is 5.69 Å². The van der Waals surface area contributed by atoms with E-state index in [2.05, 4.69) is 5.32 Å². The minimum absolute atomic E-state index is 0.0685. The number of allylic oxidation sites excluding steroid dienone is 2. The maximum absolute atomic E-state index is 12.0. The molecule has 96 valence electrons. The number of aromatic hydroxyl groups is 1. The summed E-state index contributed by atoms with van der Waals surface area (Å²) in [5.41, 5.74) is 1.90. The van der Waals surface area contributed by atoms with Crippen LogP contribution in [-0.2, 0) is 0 Å². The predicted molar refractivity (Wildman–Crippen MR) is 76.3 cm³/mol. The number of ketones is 1. The number of carbonyl (C=O) groups is 1. The van der Waals surface area contributed by atoms with E-state index in [1.54, 1.807) is 37.3 Å². The van der Waals surface area contributed by atoms with Crippen LogP contribution in [0.5, 0.6) is 5.75 Å². The number of anilines is 1. The van der Waals surface area contributed by atoms with Crippen molar-refractivity contribution in [2.75, 3.05) is 5.32 Å². The molecular formula is C16H15NO2. The molecule has 0 spiro atoms. The Bertz CT molecular complexity index is 603. The first-order valence-electron chi connectivity index (χ1n) is 5.99. The lowest BCUT2D eigenvalue weighted by Gasteiger charge is -2.08. The van der Waals surface area contributed by atoms with Gasteiger partial charge in [0, 0.05) is 17.3 Å². The van der Waals surface area contributed by atoms with Crippen LogP contribution in [0.1, 0.15) is 17.3 Å². The molecule has 3 heteroatoms. The molecule has 0 aliphatic heterocycles. The van der Waals surface area contributed by atoms with Crippen LogP contribution in [0.2, 0.25) is 0 Å². The number of rotatable bonds is 4. The smallest absolute Gasteiger partial charge is 0.187 e. The third-order valence-electron chi connectivity index (χ3n) is 2.64. The summed E-state index contributed by atoms with van der Waals surface area (Å²) in [6.45, 7) is 1.78. The van der Waals surface area contributed by atoms with Crippen LogP contribution in [0.15, 0.2) is 66.4 Å². The van der Waals surface area contributed by atoms with E-state index in [9.17, 15) is 9.90 Å². The first-order chi connectivity index (χ1) is 9.16.